The van der Waals surface area contributed by atoms with Gasteiger partial charge in [0.15, 0.2) is 0 Å². The molecular weight excluding hydrogens is 152 g/mol. The highest BCUT2D eigenvalue weighted by molar-refractivity contribution is 7.12. The summed E-state index contributed by atoms with van der Waals surface area (Å²) in [6, 6.07) is 2.28. The molecule has 0 saturated carbocycles. The van der Waals surface area contributed by atoms with Gasteiger partial charge in [0.25, 0.3) is 0 Å². The van der Waals surface area contributed by atoms with Gasteiger partial charge in [0.2, 0.25) is 0 Å². The number of allylic oxidation sites excluding steroid dienone is 1. The number of aryl methyl sites for hydroxylation is 2. The van der Waals surface area contributed by atoms with E-state index in [-0.39, 0.29) is 0 Å². The predicted octanol–water partition coefficient (Wildman–Crippen LogP) is 3.65. The van der Waals surface area contributed by atoms with E-state index in [0.29, 0.717) is 0 Å². The van der Waals surface area contributed by atoms with E-state index >= 15 is 0 Å². The Bertz CT molecular complexity index is 256. The summed E-state index contributed by atoms with van der Waals surface area (Å²) in [5.41, 5.74) is 1.38. The lowest BCUT2D eigenvalue weighted by molar-refractivity contribution is 1.19. The maximum Gasteiger partial charge on any atom is 0.00893 e. The van der Waals surface area contributed by atoms with Gasteiger partial charge in [-0.3, -0.25) is 0 Å². The smallest absolute Gasteiger partial charge is 0.00893 e. The monoisotopic (exact) mass is 166 g/mol. The van der Waals surface area contributed by atoms with Crippen molar-refractivity contribution in [2.45, 2.75) is 27.2 Å². The number of hydrogen-bond donors (Lipinski definition) is 0. The van der Waals surface area contributed by atoms with Crippen molar-refractivity contribution in [1.29, 1.82) is 0 Å². The van der Waals surface area contributed by atoms with Crippen molar-refractivity contribution in [3.8, 4) is 0 Å². The van der Waals surface area contributed by atoms with E-state index in [2.05, 4.69) is 39.0 Å². The summed E-state index contributed by atoms with van der Waals surface area (Å²) >= 11 is 1.90. The third kappa shape index (κ3) is 1.93. The SMILES string of the molecule is C/C=C/c1cc(CC)sc1C. The lowest BCUT2D eigenvalue weighted by Crippen LogP contribution is -1.67. The van der Waals surface area contributed by atoms with E-state index in [0.717, 1.165) is 6.42 Å². The summed E-state index contributed by atoms with van der Waals surface area (Å²) < 4.78 is 0. The summed E-state index contributed by atoms with van der Waals surface area (Å²) in [7, 11) is 0. The summed E-state index contributed by atoms with van der Waals surface area (Å²) in [6.45, 7) is 6.44. The Balaban J connectivity index is 2.97. The number of hydrogen-bond acceptors (Lipinski definition) is 1. The standard InChI is InChI=1S/C10H14S/c1-4-6-9-7-10(5-2)11-8(9)3/h4,6-7H,5H2,1-3H3/b6-4+. The molecule has 60 valence electrons. The van der Waals surface area contributed by atoms with Crippen molar-refractivity contribution in [3.05, 3.63) is 27.5 Å². The van der Waals surface area contributed by atoms with Crippen molar-refractivity contribution in [2.24, 2.45) is 0 Å². The zero-order valence-electron chi connectivity index (χ0n) is 7.35. The first-order valence-electron chi connectivity index (χ1n) is 4.00. The van der Waals surface area contributed by atoms with Gasteiger partial charge < -0.3 is 0 Å². The highest BCUT2D eigenvalue weighted by Gasteiger charge is 1.99. The highest BCUT2D eigenvalue weighted by Crippen LogP contribution is 2.22. The molecule has 0 aromatic carbocycles. The molecule has 0 spiro atoms. The van der Waals surface area contributed by atoms with Gasteiger partial charge in [-0.2, -0.15) is 0 Å². The zero-order chi connectivity index (χ0) is 8.27. The molecule has 0 saturated heterocycles. The van der Waals surface area contributed by atoms with E-state index < -0.39 is 0 Å². The first-order chi connectivity index (χ1) is 5.27. The maximum atomic E-state index is 2.28. The summed E-state index contributed by atoms with van der Waals surface area (Å²) in [5.74, 6) is 0. The van der Waals surface area contributed by atoms with Crippen molar-refractivity contribution < 1.29 is 0 Å². The second-order valence-corrected chi connectivity index (χ2v) is 3.92. The van der Waals surface area contributed by atoms with Gasteiger partial charge >= 0.3 is 0 Å². The van der Waals surface area contributed by atoms with Crippen molar-refractivity contribution >= 4 is 17.4 Å². The van der Waals surface area contributed by atoms with Crippen LogP contribution in [0.15, 0.2) is 12.1 Å². The van der Waals surface area contributed by atoms with Crippen LogP contribution >= 0.6 is 11.3 Å². The molecule has 0 atom stereocenters. The molecule has 0 aliphatic heterocycles. The molecule has 1 aromatic rings. The van der Waals surface area contributed by atoms with E-state index in [1.165, 1.54) is 15.3 Å². The molecule has 0 radical (unpaired) electrons. The fourth-order valence-corrected chi connectivity index (χ4v) is 2.05. The largest absolute Gasteiger partial charge is 0.145 e. The van der Waals surface area contributed by atoms with Gasteiger partial charge in [-0.05, 0) is 31.9 Å². The van der Waals surface area contributed by atoms with Crippen LogP contribution in [-0.2, 0) is 6.42 Å². The number of thiophene rings is 1. The Hall–Kier alpha value is -0.560. The van der Waals surface area contributed by atoms with Crippen molar-refractivity contribution in [1.82, 2.24) is 0 Å². The topological polar surface area (TPSA) is 0 Å². The van der Waals surface area contributed by atoms with Crippen LogP contribution in [0.25, 0.3) is 6.08 Å². The average molecular weight is 166 g/mol. The van der Waals surface area contributed by atoms with Gasteiger partial charge in [0.1, 0.15) is 0 Å². The fourth-order valence-electron chi connectivity index (χ4n) is 1.08. The lowest BCUT2D eigenvalue weighted by Gasteiger charge is -1.84. The van der Waals surface area contributed by atoms with Crippen LogP contribution in [0.4, 0.5) is 0 Å². The van der Waals surface area contributed by atoms with E-state index in [1.807, 2.05) is 11.3 Å². The normalized spacial score (nSPS) is 11.2. The maximum absolute atomic E-state index is 2.28. The molecule has 0 unspecified atom stereocenters. The van der Waals surface area contributed by atoms with Crippen LogP contribution in [0.2, 0.25) is 0 Å². The van der Waals surface area contributed by atoms with E-state index in [1.54, 1.807) is 0 Å². The second kappa shape index (κ2) is 3.72. The van der Waals surface area contributed by atoms with Gasteiger partial charge in [0, 0.05) is 9.75 Å². The molecular formula is C10H14S. The highest BCUT2D eigenvalue weighted by atomic mass is 32.1. The molecule has 0 N–H and O–H groups in total. The van der Waals surface area contributed by atoms with Crippen LogP contribution in [0.5, 0.6) is 0 Å². The molecule has 0 nitrogen and oxygen atoms in total. The number of rotatable bonds is 2. The van der Waals surface area contributed by atoms with Gasteiger partial charge in [-0.25, -0.2) is 0 Å². The molecule has 0 aliphatic carbocycles. The lowest BCUT2D eigenvalue weighted by atomic mass is 10.2. The molecule has 1 heteroatoms. The predicted molar refractivity (Wildman–Crippen MR) is 53.1 cm³/mol. The van der Waals surface area contributed by atoms with Crippen LogP contribution in [0.1, 0.15) is 29.2 Å². The zero-order valence-corrected chi connectivity index (χ0v) is 8.16. The molecule has 1 aromatic heterocycles. The minimum absolute atomic E-state index is 1.16. The van der Waals surface area contributed by atoms with Crippen LogP contribution in [0, 0.1) is 6.92 Å². The first kappa shape index (κ1) is 8.54. The average Bonchev–Trinajstić information content (AvgIpc) is 2.33. The van der Waals surface area contributed by atoms with Crippen molar-refractivity contribution in [2.75, 3.05) is 0 Å². The molecule has 0 aliphatic rings. The molecule has 1 rings (SSSR count). The van der Waals surface area contributed by atoms with Crippen LogP contribution in [-0.4, -0.2) is 0 Å². The molecule has 0 fully saturated rings. The Morgan fingerprint density at radius 2 is 2.27 bits per heavy atom. The quantitative estimate of drug-likeness (QED) is 0.629. The van der Waals surface area contributed by atoms with Crippen molar-refractivity contribution in [3.63, 3.8) is 0 Å². The third-order valence-electron chi connectivity index (χ3n) is 1.70. The van der Waals surface area contributed by atoms with Crippen LogP contribution in [0.3, 0.4) is 0 Å². The minimum Gasteiger partial charge on any atom is -0.145 e. The molecule has 11 heavy (non-hydrogen) atoms. The summed E-state index contributed by atoms with van der Waals surface area (Å²) in [4.78, 5) is 2.91. The molecule has 0 bridgehead atoms. The van der Waals surface area contributed by atoms with Gasteiger partial charge in [0.05, 0.1) is 0 Å². The minimum atomic E-state index is 1.16. The Morgan fingerprint density at radius 1 is 1.55 bits per heavy atom. The Kier molecular flexibility index (Phi) is 2.89. The summed E-state index contributed by atoms with van der Waals surface area (Å²) in [5, 5.41) is 0. The Labute approximate surface area is 72.6 Å². The van der Waals surface area contributed by atoms with Crippen LogP contribution < -0.4 is 0 Å². The molecule has 0 amide bonds. The second-order valence-electron chi connectivity index (χ2n) is 2.58. The first-order valence-corrected chi connectivity index (χ1v) is 4.81. The van der Waals surface area contributed by atoms with Gasteiger partial charge in [-0.15, -0.1) is 11.3 Å². The Morgan fingerprint density at radius 3 is 2.73 bits per heavy atom. The van der Waals surface area contributed by atoms with E-state index in [9.17, 15) is 0 Å². The summed E-state index contributed by atoms with van der Waals surface area (Å²) in [6.07, 6.45) is 5.42. The molecule has 1 heterocycles. The fraction of sp³-hybridized carbons (Fsp3) is 0.400. The third-order valence-corrected chi connectivity index (χ3v) is 2.91. The van der Waals surface area contributed by atoms with E-state index in [4.69, 9.17) is 0 Å². The van der Waals surface area contributed by atoms with Gasteiger partial charge in [-0.1, -0.05) is 19.1 Å².